The third-order valence-corrected chi connectivity index (χ3v) is 5.50. The van der Waals surface area contributed by atoms with Gasteiger partial charge in [-0.05, 0) is 70.6 Å². The van der Waals surface area contributed by atoms with Crippen molar-refractivity contribution < 1.29 is 9.59 Å². The molecule has 0 bridgehead atoms. The van der Waals surface area contributed by atoms with Gasteiger partial charge in [0.05, 0.1) is 10.7 Å². The van der Waals surface area contributed by atoms with Crippen LogP contribution in [-0.2, 0) is 9.59 Å². The molecule has 1 aliphatic carbocycles. The van der Waals surface area contributed by atoms with E-state index in [2.05, 4.69) is 5.32 Å². The highest BCUT2D eigenvalue weighted by atomic mass is 35.5. The van der Waals surface area contributed by atoms with E-state index in [0.717, 1.165) is 49.9 Å². The number of nitrogens with zero attached hydrogens (tertiary/aromatic N) is 1. The van der Waals surface area contributed by atoms with Gasteiger partial charge in [-0.25, -0.2) is 0 Å². The van der Waals surface area contributed by atoms with Crippen molar-refractivity contribution in [1.29, 1.82) is 0 Å². The van der Waals surface area contributed by atoms with Crippen LogP contribution in [0.5, 0.6) is 0 Å². The van der Waals surface area contributed by atoms with Gasteiger partial charge in [0.25, 0.3) is 0 Å². The Morgan fingerprint density at radius 3 is 2.16 bits per heavy atom. The lowest BCUT2D eigenvalue weighted by Crippen LogP contribution is -2.38. The molecule has 0 atom stereocenters. The molecule has 0 saturated heterocycles. The molecule has 2 amide bonds. The van der Waals surface area contributed by atoms with Crippen molar-refractivity contribution in [1.82, 2.24) is 4.90 Å². The molecule has 1 aromatic rings. The first-order valence-corrected chi connectivity index (χ1v) is 9.61. The molecule has 0 aliphatic heterocycles. The zero-order valence-electron chi connectivity index (χ0n) is 15.7. The van der Waals surface area contributed by atoms with E-state index in [-0.39, 0.29) is 23.7 Å². The monoisotopic (exact) mass is 364 g/mol. The predicted octanol–water partition coefficient (Wildman–Crippen LogP) is 4.57. The molecule has 4 nitrogen and oxygen atoms in total. The molecule has 1 aromatic carbocycles. The summed E-state index contributed by atoms with van der Waals surface area (Å²) in [6.45, 7) is 9.46. The fraction of sp³-hybridized carbons (Fsp3) is 0.600. The van der Waals surface area contributed by atoms with Crippen molar-refractivity contribution in [2.75, 3.05) is 18.4 Å². The van der Waals surface area contributed by atoms with Gasteiger partial charge < -0.3 is 10.2 Å². The summed E-state index contributed by atoms with van der Waals surface area (Å²) >= 11 is 6.28. The van der Waals surface area contributed by atoms with Gasteiger partial charge in [0.15, 0.2) is 0 Å². The van der Waals surface area contributed by atoms with Crippen molar-refractivity contribution in [3.05, 3.63) is 28.3 Å². The minimum absolute atomic E-state index is 0.0163. The van der Waals surface area contributed by atoms with Gasteiger partial charge in [0, 0.05) is 24.9 Å². The molecule has 0 spiro atoms. The van der Waals surface area contributed by atoms with Crippen molar-refractivity contribution in [3.8, 4) is 0 Å². The predicted molar refractivity (Wildman–Crippen MR) is 103 cm³/mol. The summed E-state index contributed by atoms with van der Waals surface area (Å²) in [4.78, 5) is 27.0. The molecule has 0 aromatic heterocycles. The van der Waals surface area contributed by atoms with E-state index in [0.29, 0.717) is 10.7 Å². The lowest BCUT2D eigenvalue weighted by Gasteiger charge is -2.31. The average Bonchev–Trinajstić information content (AvgIpc) is 2.59. The number of benzene rings is 1. The van der Waals surface area contributed by atoms with Gasteiger partial charge in [-0.15, -0.1) is 0 Å². The Bertz CT molecular complexity index is 610. The van der Waals surface area contributed by atoms with Gasteiger partial charge in [0.2, 0.25) is 11.8 Å². The van der Waals surface area contributed by atoms with Crippen LogP contribution in [0.25, 0.3) is 0 Å². The number of anilines is 1. The fourth-order valence-corrected chi connectivity index (χ4v) is 4.06. The van der Waals surface area contributed by atoms with E-state index < -0.39 is 0 Å². The zero-order chi connectivity index (χ0) is 18.6. The molecule has 2 rings (SSSR count). The number of carbonyl (C=O) groups excluding carboxylic acids is 2. The van der Waals surface area contributed by atoms with Crippen LogP contribution in [0.1, 0.15) is 50.7 Å². The highest BCUT2D eigenvalue weighted by molar-refractivity contribution is 6.34. The minimum atomic E-state index is -0.0440. The molecule has 0 unspecified atom stereocenters. The number of rotatable bonds is 5. The molecule has 0 radical (unpaired) electrons. The summed E-state index contributed by atoms with van der Waals surface area (Å²) < 4.78 is 0. The Balaban J connectivity index is 1.95. The maximum atomic E-state index is 12.6. The second kappa shape index (κ2) is 8.70. The van der Waals surface area contributed by atoms with Crippen LogP contribution in [0.4, 0.5) is 5.69 Å². The highest BCUT2D eigenvalue weighted by Crippen LogP contribution is 2.33. The van der Waals surface area contributed by atoms with Crippen LogP contribution in [0.2, 0.25) is 5.02 Å². The van der Waals surface area contributed by atoms with E-state index in [4.69, 9.17) is 11.6 Å². The molecule has 1 saturated carbocycles. The summed E-state index contributed by atoms with van der Waals surface area (Å²) in [6, 6.07) is 3.88. The molecule has 1 N–H and O–H groups in total. The lowest BCUT2D eigenvalue weighted by atomic mass is 9.81. The van der Waals surface area contributed by atoms with E-state index in [9.17, 15) is 9.59 Å². The van der Waals surface area contributed by atoms with Crippen LogP contribution in [-0.4, -0.2) is 29.8 Å². The molecule has 0 heterocycles. The molecule has 138 valence electrons. The van der Waals surface area contributed by atoms with Crippen LogP contribution in [0, 0.1) is 25.7 Å². The third kappa shape index (κ3) is 4.75. The quantitative estimate of drug-likeness (QED) is 0.831. The summed E-state index contributed by atoms with van der Waals surface area (Å²) in [5.41, 5.74) is 2.76. The summed E-state index contributed by atoms with van der Waals surface area (Å²) in [5.74, 6) is 0.273. The Hall–Kier alpha value is -1.55. The number of hydrogen-bond acceptors (Lipinski definition) is 2. The summed E-state index contributed by atoms with van der Waals surface area (Å²) in [7, 11) is 0. The van der Waals surface area contributed by atoms with Crippen molar-refractivity contribution in [2.24, 2.45) is 11.8 Å². The lowest BCUT2D eigenvalue weighted by molar-refractivity contribution is -0.137. The van der Waals surface area contributed by atoms with Crippen molar-refractivity contribution in [2.45, 2.75) is 53.4 Å². The van der Waals surface area contributed by atoms with Crippen LogP contribution >= 0.6 is 11.6 Å². The van der Waals surface area contributed by atoms with Crippen molar-refractivity contribution in [3.63, 3.8) is 0 Å². The Kier molecular flexibility index (Phi) is 6.88. The Labute approximate surface area is 155 Å². The average molecular weight is 365 g/mol. The second-order valence-electron chi connectivity index (χ2n) is 6.99. The van der Waals surface area contributed by atoms with Gasteiger partial charge >= 0.3 is 0 Å². The number of hydrogen-bond donors (Lipinski definition) is 1. The van der Waals surface area contributed by atoms with Crippen LogP contribution in [0.15, 0.2) is 12.1 Å². The molecular weight excluding hydrogens is 336 g/mol. The molecule has 1 fully saturated rings. The van der Waals surface area contributed by atoms with Gasteiger partial charge in [-0.1, -0.05) is 17.7 Å². The topological polar surface area (TPSA) is 49.4 Å². The van der Waals surface area contributed by atoms with Gasteiger partial charge in [0.1, 0.15) is 0 Å². The Morgan fingerprint density at radius 1 is 1.08 bits per heavy atom. The fourth-order valence-electron chi connectivity index (χ4n) is 3.70. The smallest absolute Gasteiger partial charge is 0.227 e. The highest BCUT2D eigenvalue weighted by Gasteiger charge is 2.31. The second-order valence-corrected chi connectivity index (χ2v) is 7.39. The van der Waals surface area contributed by atoms with Gasteiger partial charge in [-0.3, -0.25) is 9.59 Å². The molecule has 1 aliphatic rings. The van der Waals surface area contributed by atoms with E-state index in [1.165, 1.54) is 0 Å². The summed E-state index contributed by atoms with van der Waals surface area (Å²) in [6.07, 6.45) is 3.08. The zero-order valence-corrected chi connectivity index (χ0v) is 16.4. The summed E-state index contributed by atoms with van der Waals surface area (Å²) in [5, 5.41) is 3.58. The first kappa shape index (κ1) is 19.8. The Morgan fingerprint density at radius 2 is 1.64 bits per heavy atom. The maximum Gasteiger partial charge on any atom is 0.227 e. The number of carbonyl (C=O) groups is 2. The van der Waals surface area contributed by atoms with E-state index in [1.807, 2.05) is 44.7 Å². The third-order valence-electron chi connectivity index (χ3n) is 5.20. The first-order chi connectivity index (χ1) is 11.9. The van der Waals surface area contributed by atoms with Gasteiger partial charge in [-0.2, -0.15) is 0 Å². The van der Waals surface area contributed by atoms with Crippen LogP contribution in [0.3, 0.4) is 0 Å². The van der Waals surface area contributed by atoms with E-state index >= 15 is 0 Å². The first-order valence-electron chi connectivity index (χ1n) is 9.23. The number of halogens is 1. The van der Waals surface area contributed by atoms with E-state index in [1.54, 1.807) is 0 Å². The van der Waals surface area contributed by atoms with Crippen molar-refractivity contribution >= 4 is 29.1 Å². The normalized spacial score (nSPS) is 20.2. The standard InChI is InChI=1S/C20H29ClN2O2/c1-5-23(6-2)20(25)16-9-7-15(8-10-16)19(24)22-18-14(4)11-13(3)12-17(18)21/h11-12,15-16H,5-10H2,1-4H3,(H,22,24). The number of nitrogens with one attached hydrogen (secondary N) is 1. The largest absolute Gasteiger partial charge is 0.343 e. The number of aryl methyl sites for hydroxylation is 2. The maximum absolute atomic E-state index is 12.6. The minimum Gasteiger partial charge on any atom is -0.343 e. The SMILES string of the molecule is CCN(CC)C(=O)C1CCC(C(=O)Nc2c(C)cc(C)cc2Cl)CC1. The number of amides is 2. The molecule has 25 heavy (non-hydrogen) atoms. The molecular formula is C20H29ClN2O2. The molecule has 5 heteroatoms. The van der Waals surface area contributed by atoms with Crippen LogP contribution < -0.4 is 5.32 Å².